The monoisotopic (exact) mass is 382 g/mol. The summed E-state index contributed by atoms with van der Waals surface area (Å²) in [6.07, 6.45) is 2.50. The van der Waals surface area contributed by atoms with Crippen LogP contribution in [0.3, 0.4) is 0 Å². The number of hydrogen-bond acceptors (Lipinski definition) is 7. The molecule has 0 atom stereocenters. The van der Waals surface area contributed by atoms with Crippen molar-refractivity contribution in [3.05, 3.63) is 58.8 Å². The Kier molecular flexibility index (Phi) is 6.21. The van der Waals surface area contributed by atoms with Gasteiger partial charge in [-0.2, -0.15) is 0 Å². The fraction of sp³-hybridized carbons (Fsp3) is 0.300. The van der Waals surface area contributed by atoms with Gasteiger partial charge >= 0.3 is 0 Å². The zero-order chi connectivity index (χ0) is 19.9. The lowest BCUT2D eigenvalue weighted by Gasteiger charge is -2.13. The number of aryl methyl sites for hydroxylation is 1. The van der Waals surface area contributed by atoms with Crippen LogP contribution in [0.4, 0.5) is 0 Å². The van der Waals surface area contributed by atoms with Crippen molar-refractivity contribution in [2.45, 2.75) is 20.0 Å². The summed E-state index contributed by atoms with van der Waals surface area (Å²) >= 11 is 0. The van der Waals surface area contributed by atoms with Gasteiger partial charge in [-0.15, -0.1) is 0 Å². The molecule has 1 aromatic carbocycles. The van der Waals surface area contributed by atoms with Gasteiger partial charge in [0.2, 0.25) is 5.88 Å². The molecule has 0 radical (unpaired) electrons. The molecule has 2 aromatic rings. The van der Waals surface area contributed by atoms with Gasteiger partial charge in [0.25, 0.3) is 5.91 Å². The van der Waals surface area contributed by atoms with Gasteiger partial charge in [-0.05, 0) is 18.6 Å². The van der Waals surface area contributed by atoms with Crippen LogP contribution in [0.15, 0.2) is 46.8 Å². The second-order valence-corrected chi connectivity index (χ2v) is 6.11. The van der Waals surface area contributed by atoms with Crippen LogP contribution in [-0.2, 0) is 21.1 Å². The van der Waals surface area contributed by atoms with E-state index < -0.39 is 0 Å². The number of nitrogens with one attached hydrogen (secondary N) is 1. The Hall–Kier alpha value is -3.42. The number of likely N-dealkylation sites (N-methyl/N-ethyl adjacent to an activating group) is 1. The van der Waals surface area contributed by atoms with Gasteiger partial charge < -0.3 is 19.7 Å². The molecule has 8 nitrogen and oxygen atoms in total. The van der Waals surface area contributed by atoms with E-state index in [0.717, 1.165) is 28.8 Å². The third kappa shape index (κ3) is 4.28. The molecule has 1 aliphatic heterocycles. The lowest BCUT2D eigenvalue weighted by Crippen LogP contribution is -2.29. The number of nitrogens with zero attached hydrogens (tertiary/aromatic N) is 3. The van der Waals surface area contributed by atoms with Crippen LogP contribution in [0.1, 0.15) is 28.7 Å². The average molecular weight is 382 g/mol. The first-order chi connectivity index (χ1) is 13.6. The molecule has 1 amide bonds. The normalized spacial score (nSPS) is 13.5. The summed E-state index contributed by atoms with van der Waals surface area (Å²) < 4.78 is 5.91. The predicted molar refractivity (Wildman–Crippen MR) is 104 cm³/mol. The smallest absolute Gasteiger partial charge is 0.273 e. The summed E-state index contributed by atoms with van der Waals surface area (Å²) in [6, 6.07) is 9.35. The Morgan fingerprint density at radius 2 is 2.18 bits per heavy atom. The minimum atomic E-state index is -0.340. The molecule has 0 aliphatic carbocycles. The fourth-order valence-corrected chi connectivity index (χ4v) is 2.83. The van der Waals surface area contributed by atoms with E-state index >= 15 is 0 Å². The van der Waals surface area contributed by atoms with Crippen molar-refractivity contribution in [3.8, 4) is 5.88 Å². The number of aromatic nitrogens is 1. The van der Waals surface area contributed by atoms with Crippen molar-refractivity contribution in [3.63, 3.8) is 0 Å². The molecule has 0 saturated carbocycles. The molecule has 146 valence electrons. The lowest BCUT2D eigenvalue weighted by molar-refractivity contribution is -0.114. The summed E-state index contributed by atoms with van der Waals surface area (Å²) in [4.78, 5) is 26.4. The Morgan fingerprint density at radius 3 is 2.86 bits per heavy atom. The number of carbonyl (C=O) groups excluding carboxylic acids is 1. The molecule has 0 spiro atoms. The van der Waals surface area contributed by atoms with E-state index in [0.29, 0.717) is 18.1 Å². The number of pyridine rings is 1. The molecule has 3 rings (SSSR count). The third-order valence-electron chi connectivity index (χ3n) is 4.23. The van der Waals surface area contributed by atoms with Gasteiger partial charge in [0.05, 0.1) is 5.71 Å². The lowest BCUT2D eigenvalue weighted by atomic mass is 10.0. The predicted octanol–water partition coefficient (Wildman–Crippen LogP) is 2.19. The maximum absolute atomic E-state index is 12.1. The zero-order valence-corrected chi connectivity index (χ0v) is 16.1. The Balaban J connectivity index is 1.80. The number of oxime groups is 2. The molecule has 2 heterocycles. The molecule has 1 N–H and O–H groups in total. The topological polar surface area (TPSA) is 94.4 Å². The Bertz CT molecular complexity index is 924. The van der Waals surface area contributed by atoms with Gasteiger partial charge in [0.15, 0.2) is 5.71 Å². The molecule has 28 heavy (non-hydrogen) atoms. The first-order valence-electron chi connectivity index (χ1n) is 8.84. The molecule has 0 unspecified atom stereocenters. The number of benzene rings is 1. The van der Waals surface area contributed by atoms with E-state index in [-0.39, 0.29) is 18.2 Å². The molecule has 0 saturated heterocycles. The van der Waals surface area contributed by atoms with E-state index in [4.69, 9.17) is 14.4 Å². The first-order valence-corrected chi connectivity index (χ1v) is 8.84. The SMILES string of the molecule is CNC(=O)/C(=N\OC)c1ccccc1COc1ncc(C2=NOCC2)cc1C. The molecular formula is C20H22N4O4. The van der Waals surface area contributed by atoms with Crippen molar-refractivity contribution in [1.29, 1.82) is 0 Å². The second kappa shape index (κ2) is 8.98. The maximum atomic E-state index is 12.1. The van der Waals surface area contributed by atoms with Crippen LogP contribution in [0, 0.1) is 6.92 Å². The number of rotatable bonds is 7. The van der Waals surface area contributed by atoms with Crippen molar-refractivity contribution in [1.82, 2.24) is 10.3 Å². The number of ether oxygens (including phenoxy) is 1. The Morgan fingerprint density at radius 1 is 1.36 bits per heavy atom. The standard InChI is InChI=1S/C20H22N4O4/c1-13-10-15(17-8-9-28-23-17)11-22-20(13)27-12-14-6-4-5-7-16(14)18(24-26-3)19(25)21-2/h4-7,10-11H,8-9,12H2,1-3H3,(H,21,25)/b24-18-. The zero-order valence-electron chi connectivity index (χ0n) is 16.1. The highest BCUT2D eigenvalue weighted by molar-refractivity contribution is 6.45. The van der Waals surface area contributed by atoms with Crippen LogP contribution in [0.2, 0.25) is 0 Å². The van der Waals surface area contributed by atoms with E-state index in [9.17, 15) is 4.79 Å². The molecule has 1 aliphatic rings. The molecule has 8 heteroatoms. The molecule has 0 fully saturated rings. The molecule has 1 aromatic heterocycles. The maximum Gasteiger partial charge on any atom is 0.273 e. The minimum Gasteiger partial charge on any atom is -0.473 e. The molecular weight excluding hydrogens is 360 g/mol. The summed E-state index contributed by atoms with van der Waals surface area (Å²) in [5, 5.41) is 10.4. The third-order valence-corrected chi connectivity index (χ3v) is 4.23. The van der Waals surface area contributed by atoms with Crippen LogP contribution in [-0.4, -0.2) is 43.1 Å². The van der Waals surface area contributed by atoms with Gasteiger partial charge in [0.1, 0.15) is 20.3 Å². The van der Waals surface area contributed by atoms with Gasteiger partial charge in [0, 0.05) is 36.4 Å². The van der Waals surface area contributed by atoms with Gasteiger partial charge in [-0.1, -0.05) is 34.6 Å². The van der Waals surface area contributed by atoms with Gasteiger partial charge in [-0.25, -0.2) is 4.98 Å². The second-order valence-electron chi connectivity index (χ2n) is 6.11. The summed E-state index contributed by atoms with van der Waals surface area (Å²) in [5.41, 5.74) is 4.32. The van der Waals surface area contributed by atoms with Crippen LogP contribution < -0.4 is 10.1 Å². The molecule has 0 bridgehead atoms. The number of amides is 1. The van der Waals surface area contributed by atoms with E-state index in [1.165, 1.54) is 7.11 Å². The Labute approximate surface area is 163 Å². The van der Waals surface area contributed by atoms with Crippen LogP contribution in [0.5, 0.6) is 5.88 Å². The van der Waals surface area contributed by atoms with Crippen molar-refractivity contribution >= 4 is 17.3 Å². The van der Waals surface area contributed by atoms with E-state index in [1.807, 2.05) is 31.2 Å². The number of hydrogen-bond donors (Lipinski definition) is 1. The fourth-order valence-electron chi connectivity index (χ4n) is 2.83. The minimum absolute atomic E-state index is 0.184. The van der Waals surface area contributed by atoms with E-state index in [1.54, 1.807) is 19.3 Å². The quantitative estimate of drug-likeness (QED) is 0.585. The van der Waals surface area contributed by atoms with Crippen molar-refractivity contribution in [2.24, 2.45) is 10.3 Å². The van der Waals surface area contributed by atoms with Crippen LogP contribution >= 0.6 is 0 Å². The highest BCUT2D eigenvalue weighted by Crippen LogP contribution is 2.21. The average Bonchev–Trinajstić information content (AvgIpc) is 3.26. The van der Waals surface area contributed by atoms with Crippen molar-refractivity contribution in [2.75, 3.05) is 20.8 Å². The van der Waals surface area contributed by atoms with E-state index in [2.05, 4.69) is 20.6 Å². The number of carbonyl (C=O) groups is 1. The summed E-state index contributed by atoms with van der Waals surface area (Å²) in [7, 11) is 2.94. The summed E-state index contributed by atoms with van der Waals surface area (Å²) in [6.45, 7) is 2.75. The van der Waals surface area contributed by atoms with Crippen molar-refractivity contribution < 1.29 is 19.2 Å². The highest BCUT2D eigenvalue weighted by atomic mass is 16.6. The first kappa shape index (κ1) is 19.3. The highest BCUT2D eigenvalue weighted by Gasteiger charge is 2.18. The van der Waals surface area contributed by atoms with Gasteiger partial charge in [-0.3, -0.25) is 4.79 Å². The summed E-state index contributed by atoms with van der Waals surface area (Å²) in [5.74, 6) is 0.177. The largest absolute Gasteiger partial charge is 0.473 e. The van der Waals surface area contributed by atoms with Crippen LogP contribution in [0.25, 0.3) is 0 Å².